The Kier molecular flexibility index (Phi) is 22.8. The molecule has 2 atom stereocenters. The number of allylic oxidation sites excluding steroid dienone is 6. The van der Waals surface area contributed by atoms with Crippen molar-refractivity contribution in [3.63, 3.8) is 0 Å². The molecule has 0 aliphatic carbocycles. The van der Waals surface area contributed by atoms with Crippen molar-refractivity contribution in [2.75, 3.05) is 54.1 Å². The van der Waals surface area contributed by atoms with Crippen molar-refractivity contribution in [3.8, 4) is 0 Å². The van der Waals surface area contributed by atoms with E-state index in [-0.39, 0.29) is 26.2 Å². The predicted molar refractivity (Wildman–Crippen MR) is 155 cm³/mol. The normalized spacial score (nSPS) is 15.0. The first-order valence-electron chi connectivity index (χ1n) is 14.2. The molecule has 1 N–H and O–H groups in total. The molecule has 0 aromatic carbocycles. The van der Waals surface area contributed by atoms with E-state index in [0.717, 1.165) is 44.9 Å². The van der Waals surface area contributed by atoms with E-state index >= 15 is 0 Å². The summed E-state index contributed by atoms with van der Waals surface area (Å²) in [5.41, 5.74) is 0. The number of hydrogen-bond acceptors (Lipinski definition) is 6. The zero-order chi connectivity index (χ0) is 28.5. The summed E-state index contributed by atoms with van der Waals surface area (Å²) in [5.74, 6) is -0.410. The molecule has 0 fully saturated rings. The Labute approximate surface area is 232 Å². The van der Waals surface area contributed by atoms with Crippen LogP contribution < -0.4 is 0 Å². The molecule has 0 amide bonds. The third kappa shape index (κ3) is 26.3. The van der Waals surface area contributed by atoms with Crippen LogP contribution in [0.15, 0.2) is 36.5 Å². The lowest BCUT2D eigenvalue weighted by atomic mass is 10.1. The van der Waals surface area contributed by atoms with E-state index in [9.17, 15) is 14.3 Å². The van der Waals surface area contributed by atoms with Gasteiger partial charge in [-0.3, -0.25) is 13.8 Å². The molecule has 222 valence electrons. The van der Waals surface area contributed by atoms with Crippen molar-refractivity contribution < 1.29 is 37.3 Å². The SMILES string of the molecule is CC/C=C\C/C=C\C/C=C\CCCCCCCCOCC(COP(=O)(O)OCC[N+](C)(C)C)OC(=O)CC. The average molecular weight is 561 g/mol. The van der Waals surface area contributed by atoms with Crippen LogP contribution in [0.1, 0.15) is 84.5 Å². The smallest absolute Gasteiger partial charge is 0.457 e. The predicted octanol–water partition coefficient (Wildman–Crippen LogP) is 6.75. The second-order valence-corrected chi connectivity index (χ2v) is 11.8. The van der Waals surface area contributed by atoms with Crippen molar-refractivity contribution in [3.05, 3.63) is 36.5 Å². The molecule has 0 aromatic heterocycles. The van der Waals surface area contributed by atoms with Crippen molar-refractivity contribution in [2.45, 2.75) is 90.6 Å². The van der Waals surface area contributed by atoms with Gasteiger partial charge in [-0.1, -0.05) is 76.0 Å². The summed E-state index contributed by atoms with van der Waals surface area (Å²) in [6, 6.07) is 0. The highest BCUT2D eigenvalue weighted by Crippen LogP contribution is 2.43. The number of likely N-dealkylation sites (N-methyl/N-ethyl adjacent to an activating group) is 1. The first-order valence-corrected chi connectivity index (χ1v) is 15.7. The number of phosphoric acid groups is 1. The Morgan fingerprint density at radius 2 is 1.42 bits per heavy atom. The molecule has 0 radical (unpaired) electrons. The van der Waals surface area contributed by atoms with Crippen LogP contribution in [0.5, 0.6) is 0 Å². The Hall–Kier alpha value is -1.28. The lowest BCUT2D eigenvalue weighted by Gasteiger charge is -2.24. The fourth-order valence-electron chi connectivity index (χ4n) is 3.24. The molecule has 38 heavy (non-hydrogen) atoms. The number of hydrogen-bond donors (Lipinski definition) is 1. The third-order valence-electron chi connectivity index (χ3n) is 5.52. The fraction of sp³-hybridized carbons (Fsp3) is 0.759. The lowest BCUT2D eigenvalue weighted by molar-refractivity contribution is -0.870. The highest BCUT2D eigenvalue weighted by Gasteiger charge is 2.26. The second kappa shape index (κ2) is 23.6. The molecule has 0 aliphatic rings. The molecule has 0 rings (SSSR count). The number of ether oxygens (including phenoxy) is 2. The molecule has 9 heteroatoms. The van der Waals surface area contributed by atoms with Gasteiger partial charge in [0.15, 0.2) is 0 Å². The summed E-state index contributed by atoms with van der Waals surface area (Å²) < 4.78 is 33.7. The van der Waals surface area contributed by atoms with Gasteiger partial charge in [-0.25, -0.2) is 4.57 Å². The minimum Gasteiger partial charge on any atom is -0.457 e. The van der Waals surface area contributed by atoms with Crippen LogP contribution in [0.3, 0.4) is 0 Å². The summed E-state index contributed by atoms with van der Waals surface area (Å²) in [6.07, 6.45) is 23.9. The summed E-state index contributed by atoms with van der Waals surface area (Å²) in [6.45, 7) is 4.87. The Morgan fingerprint density at radius 3 is 2.05 bits per heavy atom. The molecule has 0 bridgehead atoms. The monoisotopic (exact) mass is 560 g/mol. The van der Waals surface area contributed by atoms with E-state index in [1.54, 1.807) is 6.92 Å². The molecule has 0 aromatic rings. The number of esters is 1. The Balaban J connectivity index is 3.94. The van der Waals surface area contributed by atoms with Gasteiger partial charge in [0.25, 0.3) is 0 Å². The van der Waals surface area contributed by atoms with Crippen LogP contribution >= 0.6 is 7.82 Å². The zero-order valence-electron chi connectivity index (χ0n) is 24.6. The van der Waals surface area contributed by atoms with Gasteiger partial charge in [-0.15, -0.1) is 0 Å². The van der Waals surface area contributed by atoms with E-state index in [1.165, 1.54) is 19.3 Å². The number of quaternary nitrogens is 1. The second-order valence-electron chi connectivity index (χ2n) is 10.4. The van der Waals surface area contributed by atoms with E-state index in [2.05, 4.69) is 43.4 Å². The van der Waals surface area contributed by atoms with Gasteiger partial charge >= 0.3 is 13.8 Å². The van der Waals surface area contributed by atoms with Crippen molar-refractivity contribution in [1.82, 2.24) is 0 Å². The maximum Gasteiger partial charge on any atom is 0.472 e. The van der Waals surface area contributed by atoms with Crippen molar-refractivity contribution in [1.29, 1.82) is 0 Å². The number of unbranched alkanes of at least 4 members (excludes halogenated alkanes) is 6. The highest BCUT2D eigenvalue weighted by molar-refractivity contribution is 7.47. The molecule has 0 saturated carbocycles. The third-order valence-corrected chi connectivity index (χ3v) is 6.50. The number of carbonyl (C=O) groups excluding carboxylic acids is 1. The molecular formula is C29H55NO7P+. The van der Waals surface area contributed by atoms with Crippen LogP contribution in [0, 0.1) is 0 Å². The van der Waals surface area contributed by atoms with E-state index in [1.807, 2.05) is 21.1 Å². The zero-order valence-corrected chi connectivity index (χ0v) is 25.5. The van der Waals surface area contributed by atoms with E-state index in [0.29, 0.717) is 17.6 Å². The van der Waals surface area contributed by atoms with Crippen LogP contribution in [-0.2, 0) is 27.9 Å². The molecule has 0 heterocycles. The first-order chi connectivity index (χ1) is 18.1. The van der Waals surface area contributed by atoms with E-state index in [4.69, 9.17) is 18.5 Å². The van der Waals surface area contributed by atoms with Crippen molar-refractivity contribution in [2.24, 2.45) is 0 Å². The van der Waals surface area contributed by atoms with Gasteiger partial charge < -0.3 is 18.9 Å². The van der Waals surface area contributed by atoms with E-state index < -0.39 is 19.9 Å². The maximum absolute atomic E-state index is 12.1. The fourth-order valence-corrected chi connectivity index (χ4v) is 3.99. The minimum atomic E-state index is -4.23. The maximum atomic E-state index is 12.1. The van der Waals surface area contributed by atoms with Gasteiger partial charge in [0.1, 0.15) is 19.3 Å². The van der Waals surface area contributed by atoms with Gasteiger partial charge in [-0.05, 0) is 38.5 Å². The summed E-state index contributed by atoms with van der Waals surface area (Å²) in [4.78, 5) is 21.6. The van der Waals surface area contributed by atoms with Gasteiger partial charge in [-0.2, -0.15) is 0 Å². The van der Waals surface area contributed by atoms with Gasteiger partial charge in [0.2, 0.25) is 0 Å². The number of nitrogens with zero attached hydrogens (tertiary/aromatic N) is 1. The minimum absolute atomic E-state index is 0.0823. The van der Waals surface area contributed by atoms with Crippen molar-refractivity contribution >= 4 is 13.8 Å². The van der Waals surface area contributed by atoms with Crippen LogP contribution in [0.2, 0.25) is 0 Å². The molecule has 0 spiro atoms. The highest BCUT2D eigenvalue weighted by atomic mass is 31.2. The van der Waals surface area contributed by atoms with Gasteiger partial charge in [0, 0.05) is 13.0 Å². The Morgan fingerprint density at radius 1 is 0.816 bits per heavy atom. The topological polar surface area (TPSA) is 91.3 Å². The molecule has 2 unspecified atom stereocenters. The van der Waals surface area contributed by atoms with Crippen LogP contribution in [0.25, 0.3) is 0 Å². The number of phosphoric ester groups is 1. The van der Waals surface area contributed by atoms with Gasteiger partial charge in [0.05, 0.1) is 34.4 Å². The summed E-state index contributed by atoms with van der Waals surface area (Å²) in [5, 5.41) is 0. The summed E-state index contributed by atoms with van der Waals surface area (Å²) in [7, 11) is 1.64. The molecule has 0 aliphatic heterocycles. The van der Waals surface area contributed by atoms with Crippen LogP contribution in [-0.4, -0.2) is 75.6 Å². The largest absolute Gasteiger partial charge is 0.472 e. The number of carbonyl (C=O) groups is 1. The molecule has 8 nitrogen and oxygen atoms in total. The molecular weight excluding hydrogens is 505 g/mol. The average Bonchev–Trinajstić information content (AvgIpc) is 2.85. The quantitative estimate of drug-likeness (QED) is 0.0434. The standard InChI is InChI=1S/C29H54NO7P/c1-6-8-9-10-11-12-13-14-15-16-17-18-19-20-21-22-24-34-26-28(37-29(31)7-2)27-36-38(32,33)35-25-23-30(3,4)5/h8-9,11-12,14-15,28H,6-7,10,13,16-27H2,1-5H3/p+1/b9-8-,12-11-,15-14-. The lowest BCUT2D eigenvalue weighted by Crippen LogP contribution is -2.37. The Bertz CT molecular complexity index is 716. The summed E-state index contributed by atoms with van der Waals surface area (Å²) >= 11 is 0. The molecule has 0 saturated heterocycles. The first kappa shape index (κ1) is 36.7. The van der Waals surface area contributed by atoms with Crippen LogP contribution in [0.4, 0.5) is 0 Å². The number of rotatable bonds is 25.